The van der Waals surface area contributed by atoms with E-state index in [0.717, 1.165) is 0 Å². The molecule has 2 aromatic rings. The number of hydrogen-bond donors (Lipinski definition) is 2. The van der Waals surface area contributed by atoms with Gasteiger partial charge in [-0.15, -0.1) is 0 Å². The predicted octanol–water partition coefficient (Wildman–Crippen LogP) is 2.95. The van der Waals surface area contributed by atoms with Crippen molar-refractivity contribution in [1.29, 1.82) is 0 Å². The molecule has 2 N–H and O–H groups in total. The van der Waals surface area contributed by atoms with Gasteiger partial charge in [0.25, 0.3) is 5.88 Å². The second-order valence-corrected chi connectivity index (χ2v) is 4.95. The Balaban J connectivity index is 1.82. The fraction of sp³-hybridized carbons (Fsp3) is 0.357. The lowest BCUT2D eigenvalue weighted by molar-refractivity contribution is 0.0687. The Bertz CT molecular complexity index is 618. The number of nitrogens with one attached hydrogen (secondary N) is 1. The minimum Gasteiger partial charge on any atom is -0.476 e. The topological polar surface area (TPSA) is 88.1 Å². The molecule has 1 aromatic heterocycles. The maximum atomic E-state index is 11.0. The summed E-state index contributed by atoms with van der Waals surface area (Å²) in [5, 5.41) is 18.4. The van der Waals surface area contributed by atoms with Crippen LogP contribution in [0.5, 0.6) is 11.6 Å². The normalized spacial score (nSPS) is 15.4. The summed E-state index contributed by atoms with van der Waals surface area (Å²) in [7, 11) is 0. The first-order valence-electron chi connectivity index (χ1n) is 6.66. The quantitative estimate of drug-likeness (QED) is 0.894. The first-order valence-corrected chi connectivity index (χ1v) is 6.66. The third-order valence-electron chi connectivity index (χ3n) is 3.63. The second kappa shape index (κ2) is 5.32. The van der Waals surface area contributed by atoms with E-state index < -0.39 is 5.97 Å². The van der Waals surface area contributed by atoms with Gasteiger partial charge in [-0.05, 0) is 36.5 Å². The Morgan fingerprint density at radius 2 is 2.15 bits per heavy atom. The average molecular weight is 273 g/mol. The average Bonchev–Trinajstić information content (AvgIpc) is 3.10. The Kier molecular flexibility index (Phi) is 3.37. The molecule has 0 aliphatic heterocycles. The fourth-order valence-corrected chi connectivity index (χ4v) is 2.63. The third kappa shape index (κ3) is 2.49. The monoisotopic (exact) mass is 273 g/mol. The number of carbonyl (C=O) groups is 1. The summed E-state index contributed by atoms with van der Waals surface area (Å²) in [5.41, 5.74) is 1.09. The highest BCUT2D eigenvalue weighted by molar-refractivity contribution is 5.87. The van der Waals surface area contributed by atoms with Crippen LogP contribution < -0.4 is 4.74 Å². The summed E-state index contributed by atoms with van der Waals surface area (Å²) in [6.07, 6.45) is 4.94. The van der Waals surface area contributed by atoms with Crippen LogP contribution in [-0.2, 0) is 0 Å². The maximum Gasteiger partial charge on any atom is 0.359 e. The standard InChI is InChI=1S/C14H15N3O3/c18-14(19)12-13(16-17-15-12)20-11-7-3-6-10(8-11)9-4-1-2-5-9/h3,6-9H,1-2,4-5H2,(H,18,19)(H,15,16,17). The SMILES string of the molecule is O=C(O)c1[nH]nnc1Oc1cccc(C2CCCC2)c1. The van der Waals surface area contributed by atoms with Crippen molar-refractivity contribution in [3.8, 4) is 11.6 Å². The van der Waals surface area contributed by atoms with Crippen molar-refractivity contribution in [2.45, 2.75) is 31.6 Å². The fourth-order valence-electron chi connectivity index (χ4n) is 2.63. The molecule has 6 heteroatoms. The van der Waals surface area contributed by atoms with Crippen LogP contribution in [-0.4, -0.2) is 26.5 Å². The summed E-state index contributed by atoms with van der Waals surface area (Å²) in [6.45, 7) is 0. The lowest BCUT2D eigenvalue weighted by Crippen LogP contribution is -2.00. The smallest absolute Gasteiger partial charge is 0.359 e. The summed E-state index contributed by atoms with van der Waals surface area (Å²) >= 11 is 0. The van der Waals surface area contributed by atoms with Crippen LogP contribution in [0.25, 0.3) is 0 Å². The Morgan fingerprint density at radius 3 is 2.90 bits per heavy atom. The van der Waals surface area contributed by atoms with Crippen LogP contribution in [0.15, 0.2) is 24.3 Å². The number of nitrogens with zero attached hydrogens (tertiary/aromatic N) is 2. The van der Waals surface area contributed by atoms with Crippen LogP contribution in [0, 0.1) is 0 Å². The van der Waals surface area contributed by atoms with Gasteiger partial charge in [-0.2, -0.15) is 0 Å². The van der Waals surface area contributed by atoms with E-state index in [1.807, 2.05) is 12.1 Å². The molecule has 104 valence electrons. The number of ether oxygens (including phenoxy) is 1. The molecule has 0 atom stereocenters. The van der Waals surface area contributed by atoms with Gasteiger partial charge in [0.05, 0.1) is 0 Å². The van der Waals surface area contributed by atoms with Crippen LogP contribution in [0.1, 0.15) is 47.7 Å². The minimum absolute atomic E-state index is 0.0129. The highest BCUT2D eigenvalue weighted by Crippen LogP contribution is 2.35. The Hall–Kier alpha value is -2.37. The van der Waals surface area contributed by atoms with E-state index in [-0.39, 0.29) is 11.6 Å². The summed E-state index contributed by atoms with van der Waals surface area (Å²) < 4.78 is 5.53. The van der Waals surface area contributed by atoms with Gasteiger partial charge in [0.1, 0.15) is 5.75 Å². The molecule has 1 aromatic carbocycles. The Morgan fingerprint density at radius 1 is 1.35 bits per heavy atom. The zero-order valence-electron chi connectivity index (χ0n) is 10.9. The second-order valence-electron chi connectivity index (χ2n) is 4.95. The van der Waals surface area contributed by atoms with E-state index in [0.29, 0.717) is 11.7 Å². The van der Waals surface area contributed by atoms with Crippen molar-refractivity contribution < 1.29 is 14.6 Å². The number of aromatic amines is 1. The molecule has 1 saturated carbocycles. The van der Waals surface area contributed by atoms with Gasteiger partial charge in [0.2, 0.25) is 5.69 Å². The highest BCUT2D eigenvalue weighted by atomic mass is 16.5. The van der Waals surface area contributed by atoms with Gasteiger partial charge in [0.15, 0.2) is 0 Å². The summed E-state index contributed by atoms with van der Waals surface area (Å²) in [6, 6.07) is 7.75. The molecule has 0 spiro atoms. The van der Waals surface area contributed by atoms with Crippen molar-refractivity contribution in [3.63, 3.8) is 0 Å². The van der Waals surface area contributed by atoms with Crippen molar-refractivity contribution in [1.82, 2.24) is 15.4 Å². The molecule has 6 nitrogen and oxygen atoms in total. The molecular formula is C14H15N3O3. The summed E-state index contributed by atoms with van der Waals surface area (Å²) in [5.74, 6) is 0.0126. The number of benzene rings is 1. The van der Waals surface area contributed by atoms with Crippen molar-refractivity contribution in [2.24, 2.45) is 0 Å². The predicted molar refractivity (Wildman–Crippen MR) is 71.1 cm³/mol. The van der Waals surface area contributed by atoms with Crippen LogP contribution in [0.4, 0.5) is 0 Å². The minimum atomic E-state index is -1.14. The van der Waals surface area contributed by atoms with E-state index in [9.17, 15) is 4.79 Å². The van der Waals surface area contributed by atoms with Gasteiger partial charge in [0, 0.05) is 0 Å². The largest absolute Gasteiger partial charge is 0.476 e. The number of hydrogen-bond acceptors (Lipinski definition) is 4. The van der Waals surface area contributed by atoms with Gasteiger partial charge < -0.3 is 9.84 Å². The molecule has 0 bridgehead atoms. The first kappa shape index (κ1) is 12.7. The Labute approximate surface area is 115 Å². The molecule has 1 heterocycles. The lowest BCUT2D eigenvalue weighted by Gasteiger charge is -2.11. The number of aromatic nitrogens is 3. The van der Waals surface area contributed by atoms with Gasteiger partial charge in [-0.1, -0.05) is 35.3 Å². The first-order chi connectivity index (χ1) is 9.74. The van der Waals surface area contributed by atoms with Crippen LogP contribution in [0.3, 0.4) is 0 Å². The molecule has 1 aliphatic rings. The van der Waals surface area contributed by atoms with Crippen molar-refractivity contribution >= 4 is 5.97 Å². The van der Waals surface area contributed by atoms with E-state index >= 15 is 0 Å². The molecule has 0 radical (unpaired) electrons. The molecule has 1 aliphatic carbocycles. The van der Waals surface area contributed by atoms with E-state index in [1.165, 1.54) is 31.2 Å². The lowest BCUT2D eigenvalue weighted by atomic mass is 9.98. The maximum absolute atomic E-state index is 11.0. The number of rotatable bonds is 4. The molecule has 20 heavy (non-hydrogen) atoms. The van der Waals surface area contributed by atoms with E-state index in [2.05, 4.69) is 21.5 Å². The summed E-state index contributed by atoms with van der Waals surface area (Å²) in [4.78, 5) is 11.0. The number of aromatic carboxylic acids is 1. The molecule has 1 fully saturated rings. The molecule has 0 unspecified atom stereocenters. The zero-order chi connectivity index (χ0) is 13.9. The van der Waals surface area contributed by atoms with E-state index in [4.69, 9.17) is 9.84 Å². The van der Waals surface area contributed by atoms with Gasteiger partial charge in [-0.3, -0.25) is 0 Å². The van der Waals surface area contributed by atoms with Crippen LogP contribution in [0.2, 0.25) is 0 Å². The molecule has 0 saturated heterocycles. The number of carboxylic acids is 1. The highest BCUT2D eigenvalue weighted by Gasteiger charge is 2.19. The molecule has 3 rings (SSSR count). The van der Waals surface area contributed by atoms with Gasteiger partial charge >= 0.3 is 5.97 Å². The zero-order valence-corrected chi connectivity index (χ0v) is 10.9. The van der Waals surface area contributed by atoms with Crippen molar-refractivity contribution in [2.75, 3.05) is 0 Å². The van der Waals surface area contributed by atoms with Crippen molar-refractivity contribution in [3.05, 3.63) is 35.5 Å². The number of carboxylic acid groups (broad SMARTS) is 1. The van der Waals surface area contributed by atoms with E-state index in [1.54, 1.807) is 6.07 Å². The third-order valence-corrected chi connectivity index (χ3v) is 3.63. The molecular weight excluding hydrogens is 258 g/mol. The van der Waals surface area contributed by atoms with Crippen LogP contribution >= 0.6 is 0 Å². The van der Waals surface area contributed by atoms with Gasteiger partial charge in [-0.25, -0.2) is 9.89 Å². The molecule has 0 amide bonds. The number of H-pyrrole nitrogens is 1.